The van der Waals surface area contributed by atoms with E-state index in [2.05, 4.69) is 10.0 Å². The quantitative estimate of drug-likeness (QED) is 0.605. The van der Waals surface area contributed by atoms with E-state index >= 15 is 0 Å². The molecule has 30 heavy (non-hydrogen) atoms. The van der Waals surface area contributed by atoms with Crippen LogP contribution >= 0.6 is 0 Å². The number of anilines is 2. The van der Waals surface area contributed by atoms with Gasteiger partial charge in [0.1, 0.15) is 0 Å². The molecule has 0 saturated carbocycles. The average molecular weight is 445 g/mol. The standard InChI is InChI=1S/C21H20N2O5S2/c1-15-7-13-18(14-8-15)30(27,28)23-17-11-9-16(10-12-17)21(24)22-19-5-3-4-6-20(19)29(2,25)26/h3-14,23H,1-2H3,(H,22,24). The fourth-order valence-corrected chi connectivity index (χ4v) is 4.61. The first-order chi connectivity index (χ1) is 14.1. The molecule has 9 heteroatoms. The Bertz CT molecular complexity index is 1280. The Labute approximate surface area is 175 Å². The summed E-state index contributed by atoms with van der Waals surface area (Å²) in [6.07, 6.45) is 1.06. The Morgan fingerprint density at radius 1 is 0.800 bits per heavy atom. The van der Waals surface area contributed by atoms with Crippen molar-refractivity contribution >= 4 is 37.1 Å². The van der Waals surface area contributed by atoms with E-state index in [1.807, 2.05) is 6.92 Å². The molecular weight excluding hydrogens is 424 g/mol. The van der Waals surface area contributed by atoms with E-state index in [0.29, 0.717) is 5.69 Å². The summed E-state index contributed by atoms with van der Waals surface area (Å²) >= 11 is 0. The van der Waals surface area contributed by atoms with Gasteiger partial charge in [0.25, 0.3) is 15.9 Å². The second kappa shape index (κ2) is 8.29. The van der Waals surface area contributed by atoms with E-state index < -0.39 is 25.8 Å². The van der Waals surface area contributed by atoms with Crippen LogP contribution in [0.4, 0.5) is 11.4 Å². The molecule has 3 aromatic carbocycles. The molecule has 0 spiro atoms. The Morgan fingerprint density at radius 3 is 2.00 bits per heavy atom. The summed E-state index contributed by atoms with van der Waals surface area (Å²) in [7, 11) is -7.26. The van der Waals surface area contributed by atoms with Crippen molar-refractivity contribution in [2.24, 2.45) is 0 Å². The Morgan fingerprint density at radius 2 is 1.40 bits per heavy atom. The maximum absolute atomic E-state index is 12.5. The summed E-state index contributed by atoms with van der Waals surface area (Å²) in [5.74, 6) is -0.515. The minimum absolute atomic E-state index is 0.0147. The van der Waals surface area contributed by atoms with Crippen molar-refractivity contribution < 1.29 is 21.6 Å². The minimum Gasteiger partial charge on any atom is -0.321 e. The first-order valence-corrected chi connectivity index (χ1v) is 12.2. The average Bonchev–Trinajstić information content (AvgIpc) is 2.68. The number of sulfonamides is 1. The largest absolute Gasteiger partial charge is 0.321 e. The molecule has 156 valence electrons. The Hall–Kier alpha value is -3.17. The zero-order valence-corrected chi connectivity index (χ0v) is 17.9. The van der Waals surface area contributed by atoms with Gasteiger partial charge in [-0.15, -0.1) is 0 Å². The zero-order chi connectivity index (χ0) is 21.9. The highest BCUT2D eigenvalue weighted by Gasteiger charge is 2.17. The second-order valence-corrected chi connectivity index (χ2v) is 10.4. The third-order valence-electron chi connectivity index (χ3n) is 4.27. The summed E-state index contributed by atoms with van der Waals surface area (Å²) in [4.78, 5) is 12.6. The van der Waals surface area contributed by atoms with Gasteiger partial charge in [0, 0.05) is 17.5 Å². The van der Waals surface area contributed by atoms with Crippen LogP contribution in [0.5, 0.6) is 0 Å². The number of nitrogens with one attached hydrogen (secondary N) is 2. The van der Waals surface area contributed by atoms with Crippen molar-refractivity contribution in [1.82, 2.24) is 0 Å². The molecule has 3 aromatic rings. The van der Waals surface area contributed by atoms with Crippen molar-refractivity contribution in [2.45, 2.75) is 16.7 Å². The first-order valence-electron chi connectivity index (χ1n) is 8.86. The van der Waals surface area contributed by atoms with E-state index in [0.717, 1.165) is 11.8 Å². The number of aryl methyl sites for hydroxylation is 1. The summed E-state index contributed by atoms with van der Waals surface area (Å²) in [5, 5.41) is 2.58. The van der Waals surface area contributed by atoms with Gasteiger partial charge in [0.05, 0.1) is 15.5 Å². The highest BCUT2D eigenvalue weighted by atomic mass is 32.2. The van der Waals surface area contributed by atoms with Crippen molar-refractivity contribution in [1.29, 1.82) is 0 Å². The molecule has 0 aliphatic carbocycles. The van der Waals surface area contributed by atoms with Gasteiger partial charge in [-0.05, 0) is 55.5 Å². The molecule has 0 fully saturated rings. The number of sulfone groups is 1. The Balaban J connectivity index is 1.76. The molecule has 0 unspecified atom stereocenters. The lowest BCUT2D eigenvalue weighted by atomic mass is 10.2. The van der Waals surface area contributed by atoms with E-state index in [4.69, 9.17) is 0 Å². The molecule has 0 aliphatic rings. The van der Waals surface area contributed by atoms with Crippen LogP contribution < -0.4 is 10.0 Å². The van der Waals surface area contributed by atoms with Crippen molar-refractivity contribution in [3.05, 3.63) is 83.9 Å². The van der Waals surface area contributed by atoms with Gasteiger partial charge in [-0.25, -0.2) is 16.8 Å². The highest BCUT2D eigenvalue weighted by molar-refractivity contribution is 7.92. The van der Waals surface area contributed by atoms with Gasteiger partial charge in [0.15, 0.2) is 9.84 Å². The Kier molecular flexibility index (Phi) is 5.95. The smallest absolute Gasteiger partial charge is 0.261 e. The number of amides is 1. The van der Waals surface area contributed by atoms with Crippen LogP contribution in [0.2, 0.25) is 0 Å². The predicted octanol–water partition coefficient (Wildman–Crippen LogP) is 3.45. The lowest BCUT2D eigenvalue weighted by Crippen LogP contribution is -2.15. The molecule has 1 amide bonds. The van der Waals surface area contributed by atoms with Crippen LogP contribution in [-0.2, 0) is 19.9 Å². The van der Waals surface area contributed by atoms with E-state index in [-0.39, 0.29) is 21.0 Å². The molecule has 0 bridgehead atoms. The number of para-hydroxylation sites is 1. The molecule has 2 N–H and O–H groups in total. The molecule has 0 saturated heterocycles. The lowest BCUT2D eigenvalue weighted by Gasteiger charge is -2.11. The lowest BCUT2D eigenvalue weighted by molar-refractivity contribution is 0.102. The van der Waals surface area contributed by atoms with Crippen molar-refractivity contribution in [3.63, 3.8) is 0 Å². The summed E-state index contributed by atoms with van der Waals surface area (Å²) in [6, 6.07) is 18.4. The second-order valence-electron chi connectivity index (χ2n) is 6.72. The molecule has 0 aromatic heterocycles. The predicted molar refractivity (Wildman–Crippen MR) is 116 cm³/mol. The highest BCUT2D eigenvalue weighted by Crippen LogP contribution is 2.22. The van der Waals surface area contributed by atoms with Crippen LogP contribution in [-0.4, -0.2) is 29.0 Å². The number of carbonyl (C=O) groups excluding carboxylic acids is 1. The summed E-state index contributed by atoms with van der Waals surface area (Å²) < 4.78 is 51.1. The van der Waals surface area contributed by atoms with Crippen LogP contribution in [0.3, 0.4) is 0 Å². The molecule has 7 nitrogen and oxygen atoms in total. The fourth-order valence-electron chi connectivity index (χ4n) is 2.71. The molecule has 0 atom stereocenters. The number of rotatable bonds is 6. The van der Waals surface area contributed by atoms with Crippen molar-refractivity contribution in [2.75, 3.05) is 16.3 Å². The third kappa shape index (κ3) is 5.05. The number of hydrogen-bond donors (Lipinski definition) is 2. The topological polar surface area (TPSA) is 109 Å². The van der Waals surface area contributed by atoms with Gasteiger partial charge in [0.2, 0.25) is 0 Å². The van der Waals surface area contributed by atoms with Gasteiger partial charge >= 0.3 is 0 Å². The van der Waals surface area contributed by atoms with Crippen LogP contribution in [0.15, 0.2) is 82.6 Å². The molecular formula is C21H20N2O5S2. The van der Waals surface area contributed by atoms with Gasteiger partial charge < -0.3 is 5.32 Å². The van der Waals surface area contributed by atoms with Crippen molar-refractivity contribution in [3.8, 4) is 0 Å². The van der Waals surface area contributed by atoms with Gasteiger partial charge in [-0.1, -0.05) is 29.8 Å². The SMILES string of the molecule is Cc1ccc(S(=O)(=O)Nc2ccc(C(=O)Nc3ccccc3S(C)(=O)=O)cc2)cc1. The first kappa shape index (κ1) is 21.5. The normalized spacial score (nSPS) is 11.7. The van der Waals surface area contributed by atoms with Gasteiger partial charge in [-0.3, -0.25) is 9.52 Å². The molecule has 0 aliphatic heterocycles. The molecule has 0 radical (unpaired) electrons. The van der Waals surface area contributed by atoms with Crippen LogP contribution in [0.25, 0.3) is 0 Å². The summed E-state index contributed by atoms with van der Waals surface area (Å²) in [6.45, 7) is 1.86. The number of benzene rings is 3. The van der Waals surface area contributed by atoms with E-state index in [1.54, 1.807) is 24.3 Å². The van der Waals surface area contributed by atoms with E-state index in [9.17, 15) is 21.6 Å². The fraction of sp³-hybridized carbons (Fsp3) is 0.0952. The van der Waals surface area contributed by atoms with Gasteiger partial charge in [-0.2, -0.15) is 0 Å². The maximum Gasteiger partial charge on any atom is 0.261 e. The number of carbonyl (C=O) groups is 1. The zero-order valence-electron chi connectivity index (χ0n) is 16.3. The molecule has 0 heterocycles. The maximum atomic E-state index is 12.5. The monoisotopic (exact) mass is 444 g/mol. The third-order valence-corrected chi connectivity index (χ3v) is 6.82. The summed E-state index contributed by atoms with van der Waals surface area (Å²) in [5.41, 5.74) is 1.66. The molecule has 3 rings (SSSR count). The van der Waals surface area contributed by atoms with Crippen LogP contribution in [0, 0.1) is 6.92 Å². The van der Waals surface area contributed by atoms with E-state index in [1.165, 1.54) is 48.5 Å². The minimum atomic E-state index is -3.75. The number of hydrogen-bond acceptors (Lipinski definition) is 5. The van der Waals surface area contributed by atoms with Crippen LogP contribution in [0.1, 0.15) is 15.9 Å².